The quantitative estimate of drug-likeness (QED) is 0.514. The smallest absolute Gasteiger partial charge is 0.370 e. The fourth-order valence-corrected chi connectivity index (χ4v) is 2.31. The van der Waals surface area contributed by atoms with Crippen LogP contribution in [-0.4, -0.2) is 30.2 Å². The van der Waals surface area contributed by atoms with Crippen LogP contribution in [0.1, 0.15) is 41.0 Å². The maximum Gasteiger partial charge on any atom is 0.370 e. The van der Waals surface area contributed by atoms with Crippen molar-refractivity contribution >= 4 is 13.8 Å². The first-order valence-corrected chi connectivity index (χ1v) is 7.13. The summed E-state index contributed by atoms with van der Waals surface area (Å²) >= 11 is 0. The van der Waals surface area contributed by atoms with E-state index in [1.807, 2.05) is 13.8 Å². The molecule has 0 radical (unpaired) electrons. The number of rotatable bonds is 7. The van der Waals surface area contributed by atoms with E-state index < -0.39 is 7.80 Å². The summed E-state index contributed by atoms with van der Waals surface area (Å²) in [5.74, 6) is -0.600. The van der Waals surface area contributed by atoms with Crippen LogP contribution in [0.4, 0.5) is 0 Å². The lowest BCUT2D eigenvalue weighted by atomic mass is 10.4. The van der Waals surface area contributed by atoms with Crippen LogP contribution >= 0.6 is 7.80 Å². The van der Waals surface area contributed by atoms with Gasteiger partial charge in [-0.3, -0.25) is 4.79 Å². The summed E-state index contributed by atoms with van der Waals surface area (Å²) < 4.78 is 22.0. The summed E-state index contributed by atoms with van der Waals surface area (Å²) in [6.07, 6.45) is 0.458. The van der Waals surface area contributed by atoms with Gasteiger partial charge in [-0.05, 0) is 27.7 Å². The summed E-state index contributed by atoms with van der Waals surface area (Å²) in [6.45, 7) is 9.15. The molecule has 0 amide bonds. The monoisotopic (exact) mass is 249 g/mol. The first-order valence-electron chi connectivity index (χ1n) is 5.61. The van der Waals surface area contributed by atoms with E-state index in [0.717, 1.165) is 0 Å². The van der Waals surface area contributed by atoms with Crippen molar-refractivity contribution in [3.8, 4) is 0 Å². The summed E-state index contributed by atoms with van der Waals surface area (Å²) in [4.78, 5) is 11.2. The first kappa shape index (κ1) is 15.5. The maximum absolute atomic E-state index is 11.7. The van der Waals surface area contributed by atoms with E-state index in [0.29, 0.717) is 6.16 Å². The molecule has 0 saturated heterocycles. The van der Waals surface area contributed by atoms with E-state index in [1.54, 1.807) is 20.8 Å². The van der Waals surface area contributed by atoms with Gasteiger partial charge >= 0.3 is 13.8 Å². The highest BCUT2D eigenvalue weighted by molar-refractivity contribution is 7.45. The second kappa shape index (κ2) is 7.75. The Hall–Kier alpha value is -0.470. The van der Waals surface area contributed by atoms with E-state index in [1.165, 1.54) is 0 Å². The van der Waals surface area contributed by atoms with Gasteiger partial charge < -0.3 is 9.47 Å². The van der Waals surface area contributed by atoms with Crippen molar-refractivity contribution in [2.24, 2.45) is 0 Å². The highest BCUT2D eigenvalue weighted by atomic mass is 31.1. The highest BCUT2D eigenvalue weighted by Gasteiger charge is 2.28. The second-order valence-electron chi connectivity index (χ2n) is 4.21. The molecular weight excluding hydrogens is 227 g/mol. The molecule has 0 bridgehead atoms. The molecule has 2 atom stereocenters. The maximum atomic E-state index is 11.7. The number of carbonyl (C=O) groups is 1. The Morgan fingerprint density at radius 2 is 1.69 bits per heavy atom. The third kappa shape index (κ3) is 7.77. The van der Waals surface area contributed by atoms with Crippen LogP contribution in [0.3, 0.4) is 0 Å². The van der Waals surface area contributed by atoms with Crippen LogP contribution < -0.4 is 0 Å². The molecule has 5 heteroatoms. The molecule has 0 aromatic rings. The predicted molar refractivity (Wildman–Crippen MR) is 64.0 cm³/mol. The van der Waals surface area contributed by atoms with Crippen LogP contribution in [-0.2, 0) is 18.8 Å². The summed E-state index contributed by atoms with van der Waals surface area (Å²) in [6, 6.07) is 0. The molecule has 0 rings (SSSR count). The standard InChI is InChI=1S/C11H22O4P/c1-8(2)14-10(5)16(13)7-6-11(12)15-9(3)4/h8-10H,6-7H2,1-5H3/q+1. The molecule has 0 heterocycles. The predicted octanol–water partition coefficient (Wildman–Crippen LogP) is 2.93. The molecule has 4 nitrogen and oxygen atoms in total. The minimum Gasteiger partial charge on any atom is -0.463 e. The van der Waals surface area contributed by atoms with E-state index in [-0.39, 0.29) is 30.4 Å². The zero-order valence-electron chi connectivity index (χ0n) is 10.7. The first-order chi connectivity index (χ1) is 7.32. The lowest BCUT2D eigenvalue weighted by molar-refractivity contribution is -0.146. The van der Waals surface area contributed by atoms with E-state index >= 15 is 0 Å². The van der Waals surface area contributed by atoms with E-state index in [4.69, 9.17) is 9.47 Å². The molecule has 0 aliphatic carbocycles. The molecular formula is C11H22O4P+. The third-order valence-electron chi connectivity index (χ3n) is 1.78. The molecule has 2 unspecified atom stereocenters. The van der Waals surface area contributed by atoms with Gasteiger partial charge in [0.25, 0.3) is 5.85 Å². The summed E-state index contributed by atoms with van der Waals surface area (Å²) in [7, 11) is -1.50. The Morgan fingerprint density at radius 1 is 1.12 bits per heavy atom. The lowest BCUT2D eigenvalue weighted by Crippen LogP contribution is -2.14. The van der Waals surface area contributed by atoms with Crippen molar-refractivity contribution in [2.45, 2.75) is 59.1 Å². The van der Waals surface area contributed by atoms with Crippen LogP contribution in [0.5, 0.6) is 0 Å². The average Bonchev–Trinajstić information content (AvgIpc) is 2.11. The Kier molecular flexibility index (Phi) is 7.52. The van der Waals surface area contributed by atoms with Gasteiger partial charge in [0.2, 0.25) is 0 Å². The summed E-state index contributed by atoms with van der Waals surface area (Å²) in [5, 5.41) is 0. The van der Waals surface area contributed by atoms with Gasteiger partial charge in [0.05, 0.1) is 18.6 Å². The lowest BCUT2D eigenvalue weighted by Gasteiger charge is -2.08. The number of carbonyl (C=O) groups excluding carboxylic acids is 1. The van der Waals surface area contributed by atoms with Crippen LogP contribution in [0.15, 0.2) is 0 Å². The molecule has 0 N–H and O–H groups in total. The van der Waals surface area contributed by atoms with Crippen LogP contribution in [0, 0.1) is 0 Å². The second-order valence-corrected chi connectivity index (χ2v) is 6.22. The number of ether oxygens (including phenoxy) is 2. The Bertz CT molecular complexity index is 238. The molecule has 0 fully saturated rings. The molecule has 94 valence electrons. The van der Waals surface area contributed by atoms with Gasteiger partial charge in [-0.1, -0.05) is 4.57 Å². The zero-order chi connectivity index (χ0) is 12.7. The van der Waals surface area contributed by atoms with Gasteiger partial charge in [-0.25, -0.2) is 0 Å². The van der Waals surface area contributed by atoms with Crippen molar-refractivity contribution < 1.29 is 18.8 Å². The Balaban J connectivity index is 3.84. The Morgan fingerprint density at radius 3 is 2.12 bits per heavy atom. The average molecular weight is 249 g/mol. The normalized spacial score (nSPS) is 14.1. The molecule has 0 aliphatic heterocycles. The largest absolute Gasteiger partial charge is 0.463 e. The molecule has 16 heavy (non-hydrogen) atoms. The van der Waals surface area contributed by atoms with Gasteiger partial charge in [0.15, 0.2) is 6.16 Å². The van der Waals surface area contributed by atoms with Crippen molar-refractivity contribution in [2.75, 3.05) is 6.16 Å². The fraction of sp³-hybridized carbons (Fsp3) is 0.909. The van der Waals surface area contributed by atoms with E-state index in [2.05, 4.69) is 0 Å². The third-order valence-corrected chi connectivity index (χ3v) is 3.38. The summed E-state index contributed by atoms with van der Waals surface area (Å²) in [5.41, 5.74) is 0. The molecule has 0 aromatic heterocycles. The van der Waals surface area contributed by atoms with Gasteiger partial charge in [0, 0.05) is 6.92 Å². The SMILES string of the molecule is CC(C)OC(=O)CC[P+](=O)C(C)OC(C)C. The molecule has 0 aliphatic rings. The Labute approximate surface area is 98.5 Å². The zero-order valence-corrected chi connectivity index (χ0v) is 11.6. The van der Waals surface area contributed by atoms with Crippen molar-refractivity contribution in [3.63, 3.8) is 0 Å². The van der Waals surface area contributed by atoms with Crippen molar-refractivity contribution in [3.05, 3.63) is 0 Å². The minimum absolute atomic E-state index is 0.0524. The number of esters is 1. The molecule has 0 aromatic carbocycles. The van der Waals surface area contributed by atoms with Crippen molar-refractivity contribution in [1.29, 1.82) is 0 Å². The minimum atomic E-state index is -1.50. The van der Waals surface area contributed by atoms with Gasteiger partial charge in [-0.2, -0.15) is 0 Å². The molecule has 0 spiro atoms. The molecule has 0 saturated carbocycles. The van der Waals surface area contributed by atoms with Crippen molar-refractivity contribution in [1.82, 2.24) is 0 Å². The van der Waals surface area contributed by atoms with Crippen LogP contribution in [0.2, 0.25) is 0 Å². The number of hydrogen-bond acceptors (Lipinski definition) is 4. The number of hydrogen-bond donors (Lipinski definition) is 0. The topological polar surface area (TPSA) is 52.6 Å². The van der Waals surface area contributed by atoms with Gasteiger partial charge in [0.1, 0.15) is 0 Å². The fourth-order valence-electron chi connectivity index (χ4n) is 1.17. The van der Waals surface area contributed by atoms with Crippen LogP contribution in [0.25, 0.3) is 0 Å². The van der Waals surface area contributed by atoms with E-state index in [9.17, 15) is 9.36 Å². The highest BCUT2D eigenvalue weighted by Crippen LogP contribution is 2.30. The van der Waals surface area contributed by atoms with Gasteiger partial charge in [-0.15, -0.1) is 0 Å².